The van der Waals surface area contributed by atoms with Gasteiger partial charge in [0.2, 0.25) is 0 Å². The predicted molar refractivity (Wildman–Crippen MR) is 78.7 cm³/mol. The van der Waals surface area contributed by atoms with Crippen LogP contribution in [0.25, 0.3) is 0 Å². The second-order valence-electron chi connectivity index (χ2n) is 5.80. The fourth-order valence-corrected chi connectivity index (χ4v) is 1.71. The van der Waals surface area contributed by atoms with E-state index in [0.717, 1.165) is 6.07 Å². The van der Waals surface area contributed by atoms with Crippen LogP contribution in [0.2, 0.25) is 0 Å². The molecule has 22 heavy (non-hydrogen) atoms. The number of amides is 2. The summed E-state index contributed by atoms with van der Waals surface area (Å²) in [6.45, 7) is 6.47. The first kappa shape index (κ1) is 18.3. The Labute approximate surface area is 127 Å². The first-order valence-electron chi connectivity index (χ1n) is 6.89. The van der Waals surface area contributed by atoms with Gasteiger partial charge in [-0.25, -0.2) is 4.79 Å². The lowest BCUT2D eigenvalue weighted by atomic mass is 9.93. The molecule has 0 radical (unpaired) electrons. The van der Waals surface area contributed by atoms with Gasteiger partial charge in [-0.2, -0.15) is 13.2 Å². The van der Waals surface area contributed by atoms with Crippen LogP contribution in [0.3, 0.4) is 0 Å². The monoisotopic (exact) mass is 318 g/mol. The van der Waals surface area contributed by atoms with Crippen molar-refractivity contribution in [3.63, 3.8) is 0 Å². The molecule has 0 spiro atoms. The summed E-state index contributed by atoms with van der Waals surface area (Å²) >= 11 is 0. The third-order valence-corrected chi connectivity index (χ3v) is 3.74. The summed E-state index contributed by atoms with van der Waals surface area (Å²) < 4.78 is 38.4. The van der Waals surface area contributed by atoms with E-state index in [1.807, 2.05) is 0 Å². The van der Waals surface area contributed by atoms with E-state index in [2.05, 4.69) is 10.6 Å². The number of alkyl halides is 3. The highest BCUT2D eigenvalue weighted by atomic mass is 19.4. The Kier molecular flexibility index (Phi) is 5.45. The molecule has 4 nitrogen and oxygen atoms in total. The predicted octanol–water partition coefficient (Wildman–Crippen LogP) is 3.54. The number of halogens is 3. The third kappa shape index (κ3) is 4.62. The van der Waals surface area contributed by atoms with Crippen molar-refractivity contribution in [2.45, 2.75) is 39.5 Å². The minimum absolute atomic E-state index is 0.00545. The fourth-order valence-electron chi connectivity index (χ4n) is 1.71. The smallest absolute Gasteiger partial charge is 0.388 e. The summed E-state index contributed by atoms with van der Waals surface area (Å²) in [5, 5.41) is 14.9. The van der Waals surface area contributed by atoms with Gasteiger partial charge >= 0.3 is 12.2 Å². The molecule has 3 N–H and O–H groups in total. The molecule has 0 saturated heterocycles. The van der Waals surface area contributed by atoms with E-state index in [1.165, 1.54) is 19.1 Å². The van der Waals surface area contributed by atoms with Crippen LogP contribution in [0.1, 0.15) is 31.9 Å². The summed E-state index contributed by atoms with van der Waals surface area (Å²) in [5.74, 6) is -0.0805. The van der Waals surface area contributed by atoms with Crippen LogP contribution in [0.5, 0.6) is 0 Å². The molecule has 1 aromatic rings. The number of rotatable bonds is 4. The maximum Gasteiger partial charge on any atom is 0.416 e. The van der Waals surface area contributed by atoms with E-state index in [4.69, 9.17) is 0 Å². The van der Waals surface area contributed by atoms with Gasteiger partial charge in [-0.3, -0.25) is 0 Å². The lowest BCUT2D eigenvalue weighted by molar-refractivity contribution is -0.138. The molecule has 1 rings (SSSR count). The number of benzene rings is 1. The average Bonchev–Trinajstić information content (AvgIpc) is 2.37. The molecule has 7 heteroatoms. The number of urea groups is 1. The molecule has 1 atom stereocenters. The Hall–Kier alpha value is -1.76. The average molecular weight is 318 g/mol. The Morgan fingerprint density at radius 2 is 1.91 bits per heavy atom. The van der Waals surface area contributed by atoms with Crippen molar-refractivity contribution in [3.8, 4) is 0 Å². The second-order valence-corrected chi connectivity index (χ2v) is 5.80. The minimum atomic E-state index is -4.47. The second kappa shape index (κ2) is 6.56. The van der Waals surface area contributed by atoms with Gasteiger partial charge in [0.25, 0.3) is 0 Å². The van der Waals surface area contributed by atoms with Crippen molar-refractivity contribution in [1.82, 2.24) is 5.32 Å². The maximum atomic E-state index is 12.8. The van der Waals surface area contributed by atoms with Gasteiger partial charge in [-0.1, -0.05) is 19.9 Å². The zero-order chi connectivity index (χ0) is 17.1. The minimum Gasteiger partial charge on any atom is -0.388 e. The van der Waals surface area contributed by atoms with Crippen molar-refractivity contribution in [1.29, 1.82) is 0 Å². The first-order chi connectivity index (χ1) is 9.95. The number of hydrogen-bond donors (Lipinski definition) is 3. The molecule has 0 aliphatic rings. The zero-order valence-corrected chi connectivity index (χ0v) is 13.0. The molecule has 0 bridgehead atoms. The van der Waals surface area contributed by atoms with Crippen molar-refractivity contribution >= 4 is 11.7 Å². The Balaban J connectivity index is 2.78. The van der Waals surface area contributed by atoms with Gasteiger partial charge in [-0.05, 0) is 37.5 Å². The number of hydrogen-bond acceptors (Lipinski definition) is 2. The van der Waals surface area contributed by atoms with Crippen LogP contribution in [0.4, 0.5) is 23.7 Å². The maximum absolute atomic E-state index is 12.8. The van der Waals surface area contributed by atoms with E-state index < -0.39 is 23.4 Å². The van der Waals surface area contributed by atoms with E-state index >= 15 is 0 Å². The lowest BCUT2D eigenvalue weighted by Crippen LogP contribution is -2.45. The van der Waals surface area contributed by atoms with Gasteiger partial charge in [0.05, 0.1) is 11.2 Å². The van der Waals surface area contributed by atoms with Crippen molar-refractivity contribution in [2.75, 3.05) is 11.9 Å². The standard InChI is InChI=1S/C15H21F3N2O2/c1-9(2)14(4,22)8-19-13(21)20-12-7-5-6-11(10(12)3)15(16,17)18/h5-7,9,22H,8H2,1-4H3,(H2,19,20,21). The highest BCUT2D eigenvalue weighted by Crippen LogP contribution is 2.34. The molecular formula is C15H21F3N2O2. The van der Waals surface area contributed by atoms with Crippen molar-refractivity contribution < 1.29 is 23.1 Å². The van der Waals surface area contributed by atoms with Gasteiger partial charge in [0.1, 0.15) is 0 Å². The molecule has 1 unspecified atom stereocenters. The third-order valence-electron chi connectivity index (χ3n) is 3.74. The molecule has 0 heterocycles. The van der Waals surface area contributed by atoms with Crippen molar-refractivity contribution in [3.05, 3.63) is 29.3 Å². The SMILES string of the molecule is Cc1c(NC(=O)NCC(C)(O)C(C)C)cccc1C(F)(F)F. The van der Waals surface area contributed by atoms with Crippen LogP contribution in [-0.4, -0.2) is 23.3 Å². The van der Waals surface area contributed by atoms with Crippen LogP contribution < -0.4 is 10.6 Å². The normalized spacial score (nSPS) is 14.6. The fraction of sp³-hybridized carbons (Fsp3) is 0.533. The van der Waals surface area contributed by atoms with Crippen LogP contribution in [-0.2, 0) is 6.18 Å². The molecule has 0 aromatic heterocycles. The molecule has 124 valence electrons. The van der Waals surface area contributed by atoms with Crippen LogP contribution in [0, 0.1) is 12.8 Å². The summed E-state index contributed by atoms with van der Waals surface area (Å²) in [4.78, 5) is 11.8. The largest absolute Gasteiger partial charge is 0.416 e. The Bertz CT molecular complexity index is 540. The lowest BCUT2D eigenvalue weighted by Gasteiger charge is -2.27. The molecular weight excluding hydrogens is 297 g/mol. The Morgan fingerprint density at radius 1 is 1.32 bits per heavy atom. The van der Waals surface area contributed by atoms with Crippen LogP contribution in [0.15, 0.2) is 18.2 Å². The van der Waals surface area contributed by atoms with E-state index in [9.17, 15) is 23.1 Å². The highest BCUT2D eigenvalue weighted by Gasteiger charge is 2.33. The number of nitrogens with one attached hydrogen (secondary N) is 2. The van der Waals surface area contributed by atoms with E-state index in [0.29, 0.717) is 0 Å². The Morgan fingerprint density at radius 3 is 2.41 bits per heavy atom. The molecule has 0 aliphatic heterocycles. The van der Waals surface area contributed by atoms with E-state index in [1.54, 1.807) is 20.8 Å². The first-order valence-corrected chi connectivity index (χ1v) is 6.89. The van der Waals surface area contributed by atoms with E-state index in [-0.39, 0.29) is 23.7 Å². The van der Waals surface area contributed by atoms with Gasteiger partial charge in [-0.15, -0.1) is 0 Å². The molecule has 2 amide bonds. The van der Waals surface area contributed by atoms with Gasteiger partial charge < -0.3 is 15.7 Å². The molecule has 0 saturated carbocycles. The summed E-state index contributed by atoms with van der Waals surface area (Å²) in [5.41, 5.74) is -1.86. The van der Waals surface area contributed by atoms with Crippen LogP contribution >= 0.6 is 0 Å². The number of carbonyl (C=O) groups is 1. The number of aliphatic hydroxyl groups is 1. The molecule has 0 aliphatic carbocycles. The molecule has 1 aromatic carbocycles. The summed E-state index contributed by atoms with van der Waals surface area (Å²) in [6, 6.07) is 2.92. The molecule has 0 fully saturated rings. The quantitative estimate of drug-likeness (QED) is 0.795. The van der Waals surface area contributed by atoms with Gasteiger partial charge in [0, 0.05) is 12.2 Å². The van der Waals surface area contributed by atoms with Crippen molar-refractivity contribution in [2.24, 2.45) is 5.92 Å². The zero-order valence-electron chi connectivity index (χ0n) is 13.0. The van der Waals surface area contributed by atoms with Gasteiger partial charge in [0.15, 0.2) is 0 Å². The number of carbonyl (C=O) groups excluding carboxylic acids is 1. The number of anilines is 1. The summed E-state index contributed by atoms with van der Waals surface area (Å²) in [7, 11) is 0. The topological polar surface area (TPSA) is 61.4 Å². The highest BCUT2D eigenvalue weighted by molar-refractivity contribution is 5.90. The summed E-state index contributed by atoms with van der Waals surface area (Å²) in [6.07, 6.45) is -4.47.